The van der Waals surface area contributed by atoms with E-state index in [1.54, 1.807) is 11.3 Å². The fraction of sp³-hybridized carbons (Fsp3) is 0.188. The Hall–Kier alpha value is -2.03. The number of hydrogen-bond donors (Lipinski definition) is 1. The van der Waals surface area contributed by atoms with Gasteiger partial charge >= 0.3 is 0 Å². The number of rotatable bonds is 2. The van der Waals surface area contributed by atoms with E-state index in [4.69, 9.17) is 10.2 Å². The van der Waals surface area contributed by atoms with Crippen LogP contribution in [0.15, 0.2) is 21.9 Å². The molecular formula is C16H14N2OS2. The zero-order valence-corrected chi connectivity index (χ0v) is 13.6. The molecule has 0 saturated heterocycles. The van der Waals surface area contributed by atoms with Gasteiger partial charge in [-0.15, -0.1) is 22.7 Å². The standard InChI is InChI=1S/C16H14N2OS2/c1-8-9(2)19-10(3)13(8)16-14(11-5-4-6-20-11)15(18)12(7-17)21-16/h4-6H,18H2,1-3H3. The van der Waals surface area contributed by atoms with Crippen LogP contribution in [-0.4, -0.2) is 0 Å². The minimum absolute atomic E-state index is 0.561. The molecule has 0 spiro atoms. The topological polar surface area (TPSA) is 63.0 Å². The van der Waals surface area contributed by atoms with Crippen LogP contribution in [0, 0.1) is 32.1 Å². The van der Waals surface area contributed by atoms with Crippen molar-refractivity contribution in [3.05, 3.63) is 39.5 Å². The smallest absolute Gasteiger partial charge is 0.129 e. The lowest BCUT2D eigenvalue weighted by atomic mass is 10.0. The summed E-state index contributed by atoms with van der Waals surface area (Å²) >= 11 is 3.07. The van der Waals surface area contributed by atoms with E-state index in [1.807, 2.05) is 38.3 Å². The molecule has 0 atom stereocenters. The highest BCUT2D eigenvalue weighted by atomic mass is 32.1. The predicted molar refractivity (Wildman–Crippen MR) is 88.7 cm³/mol. The number of nitrogens with zero attached hydrogens (tertiary/aromatic N) is 1. The van der Waals surface area contributed by atoms with Crippen LogP contribution in [0.2, 0.25) is 0 Å². The first kappa shape index (κ1) is 13.9. The molecule has 0 unspecified atom stereocenters. The summed E-state index contributed by atoms with van der Waals surface area (Å²) in [4.78, 5) is 2.67. The van der Waals surface area contributed by atoms with Crippen molar-refractivity contribution in [2.45, 2.75) is 20.8 Å². The van der Waals surface area contributed by atoms with Crippen molar-refractivity contribution in [3.8, 4) is 27.0 Å². The van der Waals surface area contributed by atoms with Gasteiger partial charge in [-0.3, -0.25) is 0 Å². The summed E-state index contributed by atoms with van der Waals surface area (Å²) in [7, 11) is 0. The quantitative estimate of drug-likeness (QED) is 0.714. The van der Waals surface area contributed by atoms with Gasteiger partial charge in [0.05, 0.1) is 10.6 Å². The minimum atomic E-state index is 0.561. The van der Waals surface area contributed by atoms with E-state index < -0.39 is 0 Å². The lowest BCUT2D eigenvalue weighted by molar-refractivity contribution is 0.503. The molecule has 0 amide bonds. The van der Waals surface area contributed by atoms with E-state index in [0.29, 0.717) is 10.6 Å². The Labute approximate surface area is 131 Å². The molecule has 0 radical (unpaired) electrons. The Morgan fingerprint density at radius 2 is 1.95 bits per heavy atom. The van der Waals surface area contributed by atoms with Gasteiger partial charge in [0.15, 0.2) is 0 Å². The zero-order valence-electron chi connectivity index (χ0n) is 12.0. The average molecular weight is 314 g/mol. The molecule has 106 valence electrons. The van der Waals surface area contributed by atoms with Gasteiger partial charge in [0.25, 0.3) is 0 Å². The molecule has 21 heavy (non-hydrogen) atoms. The van der Waals surface area contributed by atoms with Crippen molar-refractivity contribution in [3.63, 3.8) is 0 Å². The van der Waals surface area contributed by atoms with Crippen LogP contribution in [-0.2, 0) is 0 Å². The highest BCUT2D eigenvalue weighted by molar-refractivity contribution is 7.19. The molecule has 3 nitrogen and oxygen atoms in total. The van der Waals surface area contributed by atoms with Crippen LogP contribution >= 0.6 is 22.7 Å². The van der Waals surface area contributed by atoms with Crippen LogP contribution in [0.4, 0.5) is 5.69 Å². The van der Waals surface area contributed by atoms with Gasteiger partial charge in [-0.25, -0.2) is 0 Å². The van der Waals surface area contributed by atoms with Crippen LogP contribution in [0.1, 0.15) is 22.0 Å². The van der Waals surface area contributed by atoms with E-state index in [2.05, 4.69) is 6.07 Å². The fourth-order valence-electron chi connectivity index (χ4n) is 2.50. The monoisotopic (exact) mass is 314 g/mol. The van der Waals surface area contributed by atoms with E-state index in [1.165, 1.54) is 11.3 Å². The van der Waals surface area contributed by atoms with E-state index in [9.17, 15) is 5.26 Å². The molecule has 0 aliphatic carbocycles. The van der Waals surface area contributed by atoms with Gasteiger partial charge in [-0.1, -0.05) is 6.07 Å². The summed E-state index contributed by atoms with van der Waals surface area (Å²) in [5.74, 6) is 1.78. The summed E-state index contributed by atoms with van der Waals surface area (Å²) in [6.07, 6.45) is 0. The van der Waals surface area contributed by atoms with Gasteiger partial charge in [0.2, 0.25) is 0 Å². The molecule has 3 heterocycles. The summed E-state index contributed by atoms with van der Waals surface area (Å²) in [6.45, 7) is 5.95. The Bertz CT molecular complexity index is 848. The molecule has 3 rings (SSSR count). The number of hydrogen-bond acceptors (Lipinski definition) is 5. The van der Waals surface area contributed by atoms with E-state index >= 15 is 0 Å². The van der Waals surface area contributed by atoms with Gasteiger partial charge in [0, 0.05) is 16.0 Å². The van der Waals surface area contributed by atoms with Crippen LogP contribution < -0.4 is 5.73 Å². The Morgan fingerprint density at radius 1 is 1.19 bits per heavy atom. The Morgan fingerprint density at radius 3 is 2.48 bits per heavy atom. The second-order valence-corrected chi connectivity index (χ2v) is 6.82. The van der Waals surface area contributed by atoms with Gasteiger partial charge < -0.3 is 10.2 Å². The predicted octanol–water partition coefficient (Wildman–Crippen LogP) is 5.12. The molecule has 0 saturated carbocycles. The maximum Gasteiger partial charge on any atom is 0.129 e. The first-order valence-electron chi connectivity index (χ1n) is 6.47. The largest absolute Gasteiger partial charge is 0.466 e. The maximum absolute atomic E-state index is 9.30. The molecule has 0 aromatic carbocycles. The van der Waals surface area contributed by atoms with Crippen molar-refractivity contribution < 1.29 is 4.42 Å². The molecule has 0 bridgehead atoms. The fourth-order valence-corrected chi connectivity index (χ4v) is 4.53. The normalized spacial score (nSPS) is 10.8. The lowest BCUT2D eigenvalue weighted by Crippen LogP contribution is -1.88. The third-order valence-corrected chi connectivity index (χ3v) is 5.62. The molecular weight excluding hydrogens is 300 g/mol. The van der Waals surface area contributed by atoms with Crippen molar-refractivity contribution in [2.24, 2.45) is 0 Å². The number of aryl methyl sites for hydroxylation is 2. The van der Waals surface area contributed by atoms with Crippen molar-refractivity contribution in [1.29, 1.82) is 5.26 Å². The number of anilines is 1. The molecule has 2 N–H and O–H groups in total. The van der Waals surface area contributed by atoms with Crippen LogP contribution in [0.5, 0.6) is 0 Å². The number of nitrogens with two attached hydrogens (primary N) is 1. The summed E-state index contributed by atoms with van der Waals surface area (Å²) in [5.41, 5.74) is 9.91. The number of nitrogen functional groups attached to an aromatic ring is 1. The third kappa shape index (κ3) is 2.08. The number of furan rings is 1. The zero-order chi connectivity index (χ0) is 15.1. The highest BCUT2D eigenvalue weighted by Crippen LogP contribution is 2.48. The number of thiophene rings is 2. The molecule has 3 aromatic heterocycles. The number of nitriles is 1. The van der Waals surface area contributed by atoms with Crippen LogP contribution in [0.3, 0.4) is 0 Å². The van der Waals surface area contributed by atoms with Crippen molar-refractivity contribution in [2.75, 3.05) is 5.73 Å². The first-order chi connectivity index (χ1) is 10.0. The van der Waals surface area contributed by atoms with E-state index in [-0.39, 0.29) is 0 Å². The Balaban J connectivity index is 2.36. The molecule has 5 heteroatoms. The second-order valence-electron chi connectivity index (χ2n) is 4.85. The maximum atomic E-state index is 9.30. The van der Waals surface area contributed by atoms with Gasteiger partial charge in [0.1, 0.15) is 22.5 Å². The average Bonchev–Trinajstić information content (AvgIpc) is 3.11. The molecule has 3 aromatic rings. The van der Waals surface area contributed by atoms with Crippen LogP contribution in [0.25, 0.3) is 20.9 Å². The van der Waals surface area contributed by atoms with Crippen molar-refractivity contribution >= 4 is 28.4 Å². The van der Waals surface area contributed by atoms with Crippen molar-refractivity contribution in [1.82, 2.24) is 0 Å². The molecule has 0 aliphatic rings. The van der Waals surface area contributed by atoms with E-state index in [0.717, 1.165) is 38.0 Å². The second kappa shape index (κ2) is 5.06. The molecule has 0 fully saturated rings. The minimum Gasteiger partial charge on any atom is -0.466 e. The van der Waals surface area contributed by atoms with Gasteiger partial charge in [-0.2, -0.15) is 5.26 Å². The third-order valence-electron chi connectivity index (χ3n) is 3.60. The van der Waals surface area contributed by atoms with Gasteiger partial charge in [-0.05, 0) is 37.8 Å². The Kier molecular flexibility index (Phi) is 3.36. The summed E-state index contributed by atoms with van der Waals surface area (Å²) in [6, 6.07) is 6.23. The summed E-state index contributed by atoms with van der Waals surface area (Å²) < 4.78 is 5.74. The molecule has 0 aliphatic heterocycles. The highest BCUT2D eigenvalue weighted by Gasteiger charge is 2.24. The first-order valence-corrected chi connectivity index (χ1v) is 8.17. The lowest BCUT2D eigenvalue weighted by Gasteiger charge is -2.03. The summed E-state index contributed by atoms with van der Waals surface area (Å²) in [5, 5.41) is 11.3. The SMILES string of the molecule is Cc1oc(C)c(-c2sc(C#N)c(N)c2-c2cccs2)c1C.